The van der Waals surface area contributed by atoms with Gasteiger partial charge in [0.15, 0.2) is 5.69 Å². The lowest BCUT2D eigenvalue weighted by Gasteiger charge is -2.41. The second kappa shape index (κ2) is 6.07. The number of aryl methyl sites for hydroxylation is 2. The van der Waals surface area contributed by atoms with Crippen molar-refractivity contribution >= 4 is 5.82 Å². The van der Waals surface area contributed by atoms with Crippen molar-refractivity contribution in [2.75, 3.05) is 18.0 Å². The molecule has 2 aromatic rings. The minimum absolute atomic E-state index is 0.0657. The number of fused-ring (bicyclic) bond motifs is 1. The van der Waals surface area contributed by atoms with Crippen molar-refractivity contribution in [3.05, 3.63) is 45.3 Å². The van der Waals surface area contributed by atoms with E-state index >= 15 is 0 Å². The van der Waals surface area contributed by atoms with Gasteiger partial charge in [0.25, 0.3) is 5.56 Å². The first-order chi connectivity index (χ1) is 12.3. The molecule has 6 nitrogen and oxygen atoms in total. The minimum Gasteiger partial charge on any atom is -0.355 e. The van der Waals surface area contributed by atoms with E-state index in [0.29, 0.717) is 13.1 Å². The molecule has 4 rings (SSSR count). The van der Waals surface area contributed by atoms with E-state index in [1.165, 1.54) is 5.56 Å². The van der Waals surface area contributed by atoms with Crippen LogP contribution in [0.1, 0.15) is 29.2 Å². The van der Waals surface area contributed by atoms with Crippen molar-refractivity contribution in [1.82, 2.24) is 19.7 Å². The molecule has 0 amide bonds. The number of rotatable bonds is 3. The highest BCUT2D eigenvalue weighted by Gasteiger charge is 2.35. The first-order valence-corrected chi connectivity index (χ1v) is 8.58. The SMILES string of the molecule is Cc1nc2c(c(N3CC(Cn4nc(C(F)(F)F)ccc4=O)C3)n1)CCC2. The molecule has 3 heterocycles. The van der Waals surface area contributed by atoms with Crippen LogP contribution in [0.3, 0.4) is 0 Å². The van der Waals surface area contributed by atoms with Crippen LogP contribution in [0, 0.1) is 12.8 Å². The smallest absolute Gasteiger partial charge is 0.355 e. The highest BCUT2D eigenvalue weighted by atomic mass is 19.4. The molecule has 0 bridgehead atoms. The summed E-state index contributed by atoms with van der Waals surface area (Å²) in [5.41, 5.74) is 0.725. The van der Waals surface area contributed by atoms with Crippen molar-refractivity contribution in [3.63, 3.8) is 0 Å². The summed E-state index contributed by atoms with van der Waals surface area (Å²) in [6, 6.07) is 1.64. The average molecular weight is 365 g/mol. The van der Waals surface area contributed by atoms with Gasteiger partial charge >= 0.3 is 6.18 Å². The zero-order valence-electron chi connectivity index (χ0n) is 14.3. The third-order valence-electron chi connectivity index (χ3n) is 4.87. The maximum atomic E-state index is 12.8. The van der Waals surface area contributed by atoms with Gasteiger partial charge in [-0.05, 0) is 32.3 Å². The summed E-state index contributed by atoms with van der Waals surface area (Å²) in [5, 5.41) is 3.47. The summed E-state index contributed by atoms with van der Waals surface area (Å²) in [5.74, 6) is 1.74. The minimum atomic E-state index is -4.56. The summed E-state index contributed by atoms with van der Waals surface area (Å²) < 4.78 is 39.3. The topological polar surface area (TPSA) is 63.9 Å². The second-order valence-corrected chi connectivity index (χ2v) is 6.88. The first kappa shape index (κ1) is 17.0. The van der Waals surface area contributed by atoms with E-state index in [1.807, 2.05) is 6.92 Å². The van der Waals surface area contributed by atoms with E-state index in [4.69, 9.17) is 0 Å². The molecule has 1 aliphatic heterocycles. The van der Waals surface area contributed by atoms with Gasteiger partial charge in [-0.3, -0.25) is 4.79 Å². The van der Waals surface area contributed by atoms with Crippen LogP contribution in [0.5, 0.6) is 0 Å². The van der Waals surface area contributed by atoms with Gasteiger partial charge in [0, 0.05) is 36.3 Å². The van der Waals surface area contributed by atoms with Crippen molar-refractivity contribution in [2.24, 2.45) is 5.92 Å². The molecule has 0 atom stereocenters. The molecule has 26 heavy (non-hydrogen) atoms. The summed E-state index contributed by atoms with van der Waals surface area (Å²) in [4.78, 5) is 23.0. The third kappa shape index (κ3) is 3.06. The lowest BCUT2D eigenvalue weighted by Crippen LogP contribution is -2.50. The van der Waals surface area contributed by atoms with Crippen LogP contribution in [0.4, 0.5) is 19.0 Å². The lowest BCUT2D eigenvalue weighted by atomic mass is 9.99. The third-order valence-corrected chi connectivity index (χ3v) is 4.87. The average Bonchev–Trinajstić information content (AvgIpc) is 2.98. The molecular formula is C17H18F3N5O. The zero-order chi connectivity index (χ0) is 18.5. The van der Waals surface area contributed by atoms with Crippen LogP contribution >= 0.6 is 0 Å². The van der Waals surface area contributed by atoms with Crippen molar-refractivity contribution in [3.8, 4) is 0 Å². The Morgan fingerprint density at radius 2 is 1.96 bits per heavy atom. The maximum Gasteiger partial charge on any atom is 0.435 e. The summed E-state index contributed by atoms with van der Waals surface area (Å²) >= 11 is 0. The number of halogens is 3. The predicted octanol–water partition coefficient (Wildman–Crippen LogP) is 1.99. The molecule has 0 aromatic carbocycles. The van der Waals surface area contributed by atoms with Crippen LogP contribution in [0.15, 0.2) is 16.9 Å². The molecule has 0 N–H and O–H groups in total. The molecular weight excluding hydrogens is 347 g/mol. The van der Waals surface area contributed by atoms with Gasteiger partial charge in [0.1, 0.15) is 11.6 Å². The Labute approximate surface area is 147 Å². The second-order valence-electron chi connectivity index (χ2n) is 6.88. The van der Waals surface area contributed by atoms with Crippen LogP contribution < -0.4 is 10.5 Å². The van der Waals surface area contributed by atoms with Gasteiger partial charge < -0.3 is 4.90 Å². The Hall–Kier alpha value is -2.45. The highest BCUT2D eigenvalue weighted by Crippen LogP contribution is 2.33. The van der Waals surface area contributed by atoms with Gasteiger partial charge in [0.05, 0.1) is 6.54 Å². The van der Waals surface area contributed by atoms with E-state index in [-0.39, 0.29) is 12.5 Å². The molecule has 0 unspecified atom stereocenters. The van der Waals surface area contributed by atoms with Gasteiger partial charge in [-0.2, -0.15) is 18.3 Å². The normalized spacial score (nSPS) is 17.3. The fraction of sp³-hybridized carbons (Fsp3) is 0.529. The standard InChI is InChI=1S/C17H18F3N5O/c1-10-21-13-4-2-3-12(13)16(22-10)24-7-11(8-24)9-25-15(26)6-5-14(23-25)17(18,19)20/h5-6,11H,2-4,7-9H2,1H3. The molecule has 0 saturated carbocycles. The van der Waals surface area contributed by atoms with Crippen LogP contribution in [-0.4, -0.2) is 32.8 Å². The van der Waals surface area contributed by atoms with E-state index in [9.17, 15) is 18.0 Å². The first-order valence-electron chi connectivity index (χ1n) is 8.58. The van der Waals surface area contributed by atoms with Gasteiger partial charge in [-0.1, -0.05) is 0 Å². The Morgan fingerprint density at radius 3 is 2.69 bits per heavy atom. The number of aromatic nitrogens is 4. The molecule has 0 radical (unpaired) electrons. The number of hydrogen-bond donors (Lipinski definition) is 0. The van der Waals surface area contributed by atoms with Crippen molar-refractivity contribution in [2.45, 2.75) is 38.9 Å². The summed E-state index contributed by atoms with van der Waals surface area (Å²) in [6.07, 6.45) is -1.56. The Bertz CT molecular complexity index is 902. The van der Waals surface area contributed by atoms with Gasteiger partial charge in [-0.25, -0.2) is 14.6 Å². The van der Waals surface area contributed by atoms with Gasteiger partial charge in [0.2, 0.25) is 0 Å². The van der Waals surface area contributed by atoms with Crippen LogP contribution in [-0.2, 0) is 25.6 Å². The lowest BCUT2D eigenvalue weighted by molar-refractivity contribution is -0.142. The number of hydrogen-bond acceptors (Lipinski definition) is 5. The molecule has 1 aliphatic carbocycles. The molecule has 0 spiro atoms. The Morgan fingerprint density at radius 1 is 1.19 bits per heavy atom. The van der Waals surface area contributed by atoms with Crippen LogP contribution in [0.2, 0.25) is 0 Å². The van der Waals surface area contributed by atoms with E-state index in [0.717, 1.165) is 53.4 Å². The monoisotopic (exact) mass is 365 g/mol. The Balaban J connectivity index is 1.48. The van der Waals surface area contributed by atoms with Crippen LogP contribution in [0.25, 0.3) is 0 Å². The highest BCUT2D eigenvalue weighted by molar-refractivity contribution is 5.53. The van der Waals surface area contributed by atoms with E-state index in [1.54, 1.807) is 0 Å². The molecule has 138 valence electrons. The number of nitrogens with zero attached hydrogens (tertiary/aromatic N) is 5. The predicted molar refractivity (Wildman–Crippen MR) is 88.0 cm³/mol. The largest absolute Gasteiger partial charge is 0.435 e. The maximum absolute atomic E-state index is 12.8. The molecule has 9 heteroatoms. The molecule has 2 aromatic heterocycles. The summed E-state index contributed by atoms with van der Waals surface area (Å²) in [7, 11) is 0. The van der Waals surface area contributed by atoms with Crippen molar-refractivity contribution < 1.29 is 13.2 Å². The fourth-order valence-electron chi connectivity index (χ4n) is 3.63. The quantitative estimate of drug-likeness (QED) is 0.832. The van der Waals surface area contributed by atoms with Crippen molar-refractivity contribution in [1.29, 1.82) is 0 Å². The van der Waals surface area contributed by atoms with E-state index < -0.39 is 17.4 Å². The number of anilines is 1. The summed E-state index contributed by atoms with van der Waals surface area (Å²) in [6.45, 7) is 3.33. The number of alkyl halides is 3. The molecule has 1 fully saturated rings. The zero-order valence-corrected chi connectivity index (χ0v) is 14.3. The fourth-order valence-corrected chi connectivity index (χ4v) is 3.63. The Kier molecular flexibility index (Phi) is 3.96. The van der Waals surface area contributed by atoms with E-state index in [2.05, 4.69) is 20.0 Å². The van der Waals surface area contributed by atoms with Gasteiger partial charge in [-0.15, -0.1) is 0 Å². The molecule has 1 saturated heterocycles. The molecule has 2 aliphatic rings.